The van der Waals surface area contributed by atoms with Crippen molar-refractivity contribution in [3.63, 3.8) is 0 Å². The lowest BCUT2D eigenvalue weighted by Crippen LogP contribution is -2.26. The molecule has 1 saturated heterocycles. The van der Waals surface area contributed by atoms with Gasteiger partial charge in [-0.1, -0.05) is 22.0 Å². The summed E-state index contributed by atoms with van der Waals surface area (Å²) in [5.41, 5.74) is 1.56. The van der Waals surface area contributed by atoms with Gasteiger partial charge in [-0.15, -0.1) is 0 Å². The summed E-state index contributed by atoms with van der Waals surface area (Å²) in [5, 5.41) is 4.23. The molecule has 110 valence electrons. The first-order valence-electron chi connectivity index (χ1n) is 6.89. The molecule has 0 amide bonds. The minimum Gasteiger partial charge on any atom is -0.370 e. The van der Waals surface area contributed by atoms with Gasteiger partial charge < -0.3 is 4.90 Å². The molecule has 6 heteroatoms. The number of aromatic nitrogens is 2. The lowest BCUT2D eigenvalue weighted by Gasteiger charge is -2.17. The van der Waals surface area contributed by atoms with Crippen molar-refractivity contribution in [1.29, 1.82) is 0 Å². The van der Waals surface area contributed by atoms with E-state index >= 15 is 0 Å². The Balaban J connectivity index is 1.84. The van der Waals surface area contributed by atoms with Crippen molar-refractivity contribution in [1.82, 2.24) is 9.78 Å². The molecule has 0 spiro atoms. The van der Waals surface area contributed by atoms with Crippen molar-refractivity contribution in [2.24, 2.45) is 0 Å². The van der Waals surface area contributed by atoms with Gasteiger partial charge in [-0.25, -0.2) is 9.07 Å². The summed E-state index contributed by atoms with van der Waals surface area (Å²) >= 11 is 3.31. The van der Waals surface area contributed by atoms with Crippen LogP contribution in [0.2, 0.25) is 0 Å². The molecule has 0 N–H and O–H groups in total. The van der Waals surface area contributed by atoms with Crippen LogP contribution >= 0.6 is 15.9 Å². The molecule has 0 aliphatic carbocycles. The molecular weight excluding hydrogens is 337 g/mol. The monoisotopic (exact) mass is 351 g/mol. The molecule has 0 saturated carbocycles. The Hall–Kier alpha value is -1.69. The summed E-state index contributed by atoms with van der Waals surface area (Å²) in [6.45, 7) is 2.28. The summed E-state index contributed by atoms with van der Waals surface area (Å²) in [5.74, 6) is -0.310. The lowest BCUT2D eigenvalue weighted by atomic mass is 10.2. The summed E-state index contributed by atoms with van der Waals surface area (Å²) in [6.07, 6.45) is 4.04. The predicted molar refractivity (Wildman–Crippen MR) is 83.1 cm³/mol. The molecule has 0 atom stereocenters. The molecule has 2 heterocycles. The van der Waals surface area contributed by atoms with Gasteiger partial charge in [0, 0.05) is 23.6 Å². The quantitative estimate of drug-likeness (QED) is 0.853. The van der Waals surface area contributed by atoms with Crippen LogP contribution in [0.4, 0.5) is 10.1 Å². The van der Waals surface area contributed by atoms with Gasteiger partial charge in [-0.3, -0.25) is 4.79 Å². The highest BCUT2D eigenvalue weighted by molar-refractivity contribution is 9.10. The van der Waals surface area contributed by atoms with Crippen LogP contribution in [-0.2, 0) is 6.54 Å². The number of hydrogen-bond donors (Lipinski definition) is 0. The minimum atomic E-state index is -0.310. The summed E-state index contributed by atoms with van der Waals surface area (Å²) in [4.78, 5) is 14.3. The summed E-state index contributed by atoms with van der Waals surface area (Å²) < 4.78 is 15.1. The van der Waals surface area contributed by atoms with E-state index in [2.05, 4.69) is 25.9 Å². The Bertz CT molecular complexity index is 710. The summed E-state index contributed by atoms with van der Waals surface area (Å²) in [6, 6.07) is 6.04. The highest BCUT2D eigenvalue weighted by Crippen LogP contribution is 2.19. The normalized spacial score (nSPS) is 14.7. The fourth-order valence-electron chi connectivity index (χ4n) is 2.50. The van der Waals surface area contributed by atoms with Crippen LogP contribution in [0, 0.1) is 5.82 Å². The molecule has 1 aliphatic rings. The molecule has 1 aliphatic heterocycles. The van der Waals surface area contributed by atoms with E-state index in [1.54, 1.807) is 18.3 Å². The Kier molecular flexibility index (Phi) is 4.05. The molecule has 0 unspecified atom stereocenters. The third-order valence-electron chi connectivity index (χ3n) is 3.66. The molecular formula is C15H15BrFN3O. The molecule has 1 aromatic heterocycles. The molecule has 21 heavy (non-hydrogen) atoms. The van der Waals surface area contributed by atoms with Gasteiger partial charge in [0.05, 0.1) is 18.4 Å². The Labute approximate surface area is 130 Å². The predicted octanol–water partition coefficient (Wildman–Crippen LogP) is 2.79. The smallest absolute Gasteiger partial charge is 0.269 e. The van der Waals surface area contributed by atoms with Crippen molar-refractivity contribution >= 4 is 21.6 Å². The second-order valence-corrected chi connectivity index (χ2v) is 5.99. The van der Waals surface area contributed by atoms with Crippen LogP contribution < -0.4 is 10.5 Å². The van der Waals surface area contributed by atoms with Crippen molar-refractivity contribution in [2.75, 3.05) is 18.0 Å². The lowest BCUT2D eigenvalue weighted by molar-refractivity contribution is 0.616. The number of rotatable bonds is 3. The van der Waals surface area contributed by atoms with E-state index in [0.29, 0.717) is 11.0 Å². The second-order valence-electron chi connectivity index (χ2n) is 5.14. The minimum absolute atomic E-state index is 0.143. The van der Waals surface area contributed by atoms with Crippen LogP contribution in [0.1, 0.15) is 18.4 Å². The van der Waals surface area contributed by atoms with E-state index in [-0.39, 0.29) is 11.4 Å². The summed E-state index contributed by atoms with van der Waals surface area (Å²) in [7, 11) is 0. The average molecular weight is 352 g/mol. The number of halogens is 2. The number of benzene rings is 1. The maximum Gasteiger partial charge on any atom is 0.269 e. The first-order valence-corrected chi connectivity index (χ1v) is 7.69. The van der Waals surface area contributed by atoms with Gasteiger partial charge >= 0.3 is 0 Å². The number of nitrogens with zero attached hydrogens (tertiary/aromatic N) is 3. The van der Waals surface area contributed by atoms with E-state index in [9.17, 15) is 9.18 Å². The zero-order chi connectivity index (χ0) is 14.8. The molecule has 3 rings (SSSR count). The average Bonchev–Trinajstić information content (AvgIpc) is 2.98. The van der Waals surface area contributed by atoms with Gasteiger partial charge in [0.2, 0.25) is 0 Å². The van der Waals surface area contributed by atoms with Gasteiger partial charge in [0.1, 0.15) is 5.82 Å². The maximum absolute atomic E-state index is 13.1. The van der Waals surface area contributed by atoms with Crippen LogP contribution in [0.25, 0.3) is 0 Å². The van der Waals surface area contributed by atoms with Gasteiger partial charge in [0.15, 0.2) is 0 Å². The third kappa shape index (κ3) is 3.15. The molecule has 4 nitrogen and oxygen atoms in total. The zero-order valence-corrected chi connectivity index (χ0v) is 13.0. The van der Waals surface area contributed by atoms with E-state index in [1.165, 1.54) is 16.8 Å². The van der Waals surface area contributed by atoms with Crippen LogP contribution in [0.5, 0.6) is 0 Å². The van der Waals surface area contributed by atoms with Gasteiger partial charge in [0.25, 0.3) is 5.56 Å². The van der Waals surface area contributed by atoms with Gasteiger partial charge in [-0.2, -0.15) is 5.10 Å². The number of anilines is 1. The Morgan fingerprint density at radius 3 is 2.67 bits per heavy atom. The maximum atomic E-state index is 13.1. The molecule has 2 aromatic rings. The van der Waals surface area contributed by atoms with E-state index < -0.39 is 0 Å². The first-order chi connectivity index (χ1) is 10.1. The highest BCUT2D eigenvalue weighted by Gasteiger charge is 2.14. The Morgan fingerprint density at radius 1 is 1.24 bits per heavy atom. The van der Waals surface area contributed by atoms with E-state index in [0.717, 1.165) is 37.2 Å². The highest BCUT2D eigenvalue weighted by atomic mass is 79.9. The standard InChI is InChI=1S/C15H15BrFN3O/c16-14-7-12(17)4-3-11(14)10-20-15(21)8-13(9-18-20)19-5-1-2-6-19/h3-4,7-9H,1-2,5-6,10H2. The largest absolute Gasteiger partial charge is 0.370 e. The fourth-order valence-corrected chi connectivity index (χ4v) is 2.98. The van der Waals surface area contributed by atoms with Crippen molar-refractivity contribution in [3.05, 3.63) is 56.7 Å². The third-order valence-corrected chi connectivity index (χ3v) is 4.40. The first kappa shape index (κ1) is 14.3. The topological polar surface area (TPSA) is 38.1 Å². The molecule has 0 bridgehead atoms. The fraction of sp³-hybridized carbons (Fsp3) is 0.333. The second kappa shape index (κ2) is 5.97. The van der Waals surface area contributed by atoms with Gasteiger partial charge in [-0.05, 0) is 30.5 Å². The van der Waals surface area contributed by atoms with E-state index in [4.69, 9.17) is 0 Å². The SMILES string of the molecule is O=c1cc(N2CCCC2)cnn1Cc1ccc(F)cc1Br. The van der Waals surface area contributed by atoms with Crippen molar-refractivity contribution < 1.29 is 4.39 Å². The van der Waals surface area contributed by atoms with Crippen molar-refractivity contribution in [2.45, 2.75) is 19.4 Å². The van der Waals surface area contributed by atoms with Crippen molar-refractivity contribution in [3.8, 4) is 0 Å². The van der Waals surface area contributed by atoms with Crippen LogP contribution in [0.15, 0.2) is 39.7 Å². The molecule has 1 aromatic carbocycles. The van der Waals surface area contributed by atoms with Crippen LogP contribution in [0.3, 0.4) is 0 Å². The number of hydrogen-bond acceptors (Lipinski definition) is 3. The molecule has 0 radical (unpaired) electrons. The Morgan fingerprint density at radius 2 is 2.00 bits per heavy atom. The van der Waals surface area contributed by atoms with Crippen LogP contribution in [-0.4, -0.2) is 22.9 Å². The van der Waals surface area contributed by atoms with E-state index in [1.807, 2.05) is 0 Å². The molecule has 1 fully saturated rings. The zero-order valence-electron chi connectivity index (χ0n) is 11.4.